The van der Waals surface area contributed by atoms with Crippen LogP contribution in [0, 0.1) is 0 Å². The summed E-state index contributed by atoms with van der Waals surface area (Å²) in [6.07, 6.45) is 0.643. The molecule has 0 radical (unpaired) electrons. The van der Waals surface area contributed by atoms with Crippen molar-refractivity contribution in [3.63, 3.8) is 0 Å². The molecule has 0 aliphatic carbocycles. The van der Waals surface area contributed by atoms with E-state index in [-0.39, 0.29) is 11.0 Å². The van der Waals surface area contributed by atoms with Crippen molar-refractivity contribution in [3.05, 3.63) is 34.2 Å². The molecule has 0 N–H and O–H groups in total. The van der Waals surface area contributed by atoms with Gasteiger partial charge >= 0.3 is 0 Å². The first-order valence-corrected chi connectivity index (χ1v) is 4.54. The van der Waals surface area contributed by atoms with E-state index >= 15 is 0 Å². The van der Waals surface area contributed by atoms with Gasteiger partial charge in [0.1, 0.15) is 5.69 Å². The fourth-order valence-corrected chi connectivity index (χ4v) is 1.54. The van der Waals surface area contributed by atoms with Gasteiger partial charge in [-0.05, 0) is 29.8 Å². The molecular weight excluding hydrogens is 223 g/mol. The Bertz CT molecular complexity index is 508. The van der Waals surface area contributed by atoms with Crippen molar-refractivity contribution in [2.24, 2.45) is 0 Å². The van der Waals surface area contributed by atoms with Crippen LogP contribution in [0.1, 0.15) is 10.5 Å². The zero-order valence-electron chi connectivity index (χ0n) is 6.87. The molecule has 14 heavy (non-hydrogen) atoms. The molecule has 3 nitrogen and oxygen atoms in total. The fraction of sp³-hybridized carbons (Fsp3) is 0. The highest BCUT2D eigenvalue weighted by Gasteiger charge is 2.05. The normalized spacial score (nSPS) is 10.4. The van der Waals surface area contributed by atoms with E-state index in [2.05, 4.69) is 9.97 Å². The fourth-order valence-electron chi connectivity index (χ4n) is 1.19. The molecule has 0 unspecified atom stereocenters. The molecule has 70 valence electrons. The number of benzene rings is 1. The van der Waals surface area contributed by atoms with Crippen molar-refractivity contribution in [1.29, 1.82) is 0 Å². The van der Waals surface area contributed by atoms with E-state index in [1.807, 2.05) is 0 Å². The minimum absolute atomic E-state index is 0.0434. The first-order chi connectivity index (χ1) is 6.70. The lowest BCUT2D eigenvalue weighted by Crippen LogP contribution is -1.93. The molecular formula is C9H4Cl2N2O. The summed E-state index contributed by atoms with van der Waals surface area (Å²) < 4.78 is 0. The van der Waals surface area contributed by atoms with Crippen LogP contribution in [0.3, 0.4) is 0 Å². The first-order valence-electron chi connectivity index (χ1n) is 3.78. The van der Waals surface area contributed by atoms with Crippen LogP contribution in [-0.4, -0.2) is 16.3 Å². The molecule has 1 aromatic carbocycles. The predicted molar refractivity (Wildman–Crippen MR) is 54.9 cm³/mol. The van der Waals surface area contributed by atoms with Crippen LogP contribution in [0.15, 0.2) is 18.2 Å². The predicted octanol–water partition coefficient (Wildman–Crippen LogP) is 2.75. The van der Waals surface area contributed by atoms with E-state index < -0.39 is 0 Å². The van der Waals surface area contributed by atoms with Crippen molar-refractivity contribution in [2.75, 3.05) is 0 Å². The van der Waals surface area contributed by atoms with E-state index in [1.165, 1.54) is 0 Å². The molecule has 1 aromatic heterocycles. The molecule has 2 aromatic rings. The summed E-state index contributed by atoms with van der Waals surface area (Å²) in [4.78, 5) is 18.4. The van der Waals surface area contributed by atoms with Crippen LogP contribution in [-0.2, 0) is 0 Å². The van der Waals surface area contributed by atoms with Crippen LogP contribution >= 0.6 is 23.2 Å². The Labute approximate surface area is 89.7 Å². The maximum absolute atomic E-state index is 10.7. The van der Waals surface area contributed by atoms with Crippen LogP contribution < -0.4 is 0 Å². The number of hydrogen-bond acceptors (Lipinski definition) is 3. The minimum atomic E-state index is 0.0434. The number of hydrogen-bond donors (Lipinski definition) is 0. The summed E-state index contributed by atoms with van der Waals surface area (Å²) in [6, 6.07) is 5.00. The van der Waals surface area contributed by atoms with E-state index in [9.17, 15) is 4.79 Å². The zero-order valence-corrected chi connectivity index (χ0v) is 8.38. The Morgan fingerprint density at radius 1 is 1.21 bits per heavy atom. The van der Waals surface area contributed by atoms with Crippen LogP contribution in [0.4, 0.5) is 0 Å². The number of nitrogens with zero attached hydrogens (tertiary/aromatic N) is 2. The number of aldehydes is 1. The van der Waals surface area contributed by atoms with E-state index in [4.69, 9.17) is 23.2 Å². The first kappa shape index (κ1) is 9.37. The lowest BCUT2D eigenvalue weighted by Gasteiger charge is -2.00. The second-order valence-corrected chi connectivity index (χ2v) is 3.43. The standard InChI is InChI=1S/C9H4Cl2N2O/c10-5-1-2-6-7(3-5)12-9(11)13-8(6)4-14/h1-4H. The Hall–Kier alpha value is -1.19. The van der Waals surface area contributed by atoms with Gasteiger partial charge in [-0.3, -0.25) is 4.79 Å². The van der Waals surface area contributed by atoms with Gasteiger partial charge in [-0.2, -0.15) is 0 Å². The number of fused-ring (bicyclic) bond motifs is 1. The Morgan fingerprint density at radius 2 is 2.00 bits per heavy atom. The molecule has 0 spiro atoms. The smallest absolute Gasteiger partial charge is 0.223 e. The lowest BCUT2D eigenvalue weighted by atomic mass is 10.2. The maximum atomic E-state index is 10.7. The molecule has 0 bridgehead atoms. The Kier molecular flexibility index (Phi) is 2.35. The third kappa shape index (κ3) is 1.56. The molecule has 1 heterocycles. The molecule has 0 amide bonds. The maximum Gasteiger partial charge on any atom is 0.223 e. The average molecular weight is 227 g/mol. The SMILES string of the molecule is O=Cc1nc(Cl)nc2cc(Cl)ccc12. The van der Waals surface area contributed by atoms with Gasteiger partial charge in [0.05, 0.1) is 5.52 Å². The third-order valence-electron chi connectivity index (χ3n) is 1.77. The summed E-state index contributed by atoms with van der Waals surface area (Å²) >= 11 is 11.4. The summed E-state index contributed by atoms with van der Waals surface area (Å²) in [7, 11) is 0. The van der Waals surface area contributed by atoms with Gasteiger partial charge in [0.15, 0.2) is 6.29 Å². The average Bonchev–Trinajstić information content (AvgIpc) is 2.15. The quantitative estimate of drug-likeness (QED) is 0.555. The topological polar surface area (TPSA) is 42.9 Å². The molecule has 0 atom stereocenters. The molecule has 0 aliphatic heterocycles. The van der Waals surface area contributed by atoms with Gasteiger partial charge in [-0.25, -0.2) is 9.97 Å². The molecule has 0 saturated carbocycles. The minimum Gasteiger partial charge on any atom is -0.296 e. The number of aromatic nitrogens is 2. The monoisotopic (exact) mass is 226 g/mol. The summed E-state index contributed by atoms with van der Waals surface area (Å²) in [6.45, 7) is 0. The number of halogens is 2. The molecule has 5 heteroatoms. The van der Waals surface area contributed by atoms with Crippen molar-refractivity contribution in [1.82, 2.24) is 9.97 Å². The van der Waals surface area contributed by atoms with Gasteiger partial charge in [0.2, 0.25) is 5.28 Å². The van der Waals surface area contributed by atoms with Crippen LogP contribution in [0.5, 0.6) is 0 Å². The third-order valence-corrected chi connectivity index (χ3v) is 2.18. The lowest BCUT2D eigenvalue weighted by molar-refractivity contribution is 0.112. The van der Waals surface area contributed by atoms with Gasteiger partial charge in [-0.1, -0.05) is 11.6 Å². The molecule has 0 saturated heterocycles. The second-order valence-electron chi connectivity index (χ2n) is 2.66. The Balaban J connectivity index is 2.87. The van der Waals surface area contributed by atoms with Gasteiger partial charge in [0, 0.05) is 10.4 Å². The highest BCUT2D eigenvalue weighted by atomic mass is 35.5. The molecule has 0 fully saturated rings. The van der Waals surface area contributed by atoms with Crippen molar-refractivity contribution in [3.8, 4) is 0 Å². The van der Waals surface area contributed by atoms with Gasteiger partial charge in [0.25, 0.3) is 0 Å². The molecule has 2 rings (SSSR count). The highest BCUT2D eigenvalue weighted by molar-refractivity contribution is 6.31. The number of rotatable bonds is 1. The van der Waals surface area contributed by atoms with E-state index in [0.717, 1.165) is 0 Å². The largest absolute Gasteiger partial charge is 0.296 e. The van der Waals surface area contributed by atoms with E-state index in [1.54, 1.807) is 18.2 Å². The summed E-state index contributed by atoms with van der Waals surface area (Å²) in [5.41, 5.74) is 0.844. The van der Waals surface area contributed by atoms with Crippen molar-refractivity contribution in [2.45, 2.75) is 0 Å². The zero-order chi connectivity index (χ0) is 10.1. The highest BCUT2D eigenvalue weighted by Crippen LogP contribution is 2.20. The van der Waals surface area contributed by atoms with E-state index in [0.29, 0.717) is 22.2 Å². The van der Waals surface area contributed by atoms with Crippen LogP contribution in [0.2, 0.25) is 10.3 Å². The molecule has 0 aliphatic rings. The summed E-state index contributed by atoms with van der Waals surface area (Å²) in [5.74, 6) is 0. The van der Waals surface area contributed by atoms with Crippen molar-refractivity contribution >= 4 is 40.4 Å². The second kappa shape index (κ2) is 3.52. The van der Waals surface area contributed by atoms with Crippen LogP contribution in [0.25, 0.3) is 10.9 Å². The van der Waals surface area contributed by atoms with Gasteiger partial charge in [-0.15, -0.1) is 0 Å². The number of carbonyl (C=O) groups excluding carboxylic acids is 1. The summed E-state index contributed by atoms with van der Waals surface area (Å²) in [5, 5.41) is 1.24. The number of carbonyl (C=O) groups is 1. The van der Waals surface area contributed by atoms with Gasteiger partial charge < -0.3 is 0 Å². The van der Waals surface area contributed by atoms with Crippen molar-refractivity contribution < 1.29 is 4.79 Å². The Morgan fingerprint density at radius 3 is 2.71 bits per heavy atom.